The van der Waals surface area contributed by atoms with Gasteiger partial charge in [0.15, 0.2) is 10.8 Å². The number of nitrogens with zero attached hydrogens (tertiary/aromatic N) is 2. The summed E-state index contributed by atoms with van der Waals surface area (Å²) in [5.41, 5.74) is 6.84. The number of fused-ring (bicyclic) bond motifs is 1. The maximum atomic E-state index is 11.8. The number of thioether (sulfide) groups is 1. The zero-order valence-corrected chi connectivity index (χ0v) is 10.7. The van der Waals surface area contributed by atoms with Crippen LogP contribution in [0.25, 0.3) is 11.0 Å². The van der Waals surface area contributed by atoms with Gasteiger partial charge in [-0.2, -0.15) is 5.10 Å². The Morgan fingerprint density at radius 2 is 2.05 bits per heavy atom. The van der Waals surface area contributed by atoms with Crippen LogP contribution in [0.1, 0.15) is 5.56 Å². The Kier molecular flexibility index (Phi) is 2.96. The largest absolute Gasteiger partial charge is 0.383 e. The van der Waals surface area contributed by atoms with Gasteiger partial charge in [0, 0.05) is 5.75 Å². The molecule has 2 heterocycles. The minimum absolute atomic E-state index is 0.239. The van der Waals surface area contributed by atoms with E-state index in [0.717, 1.165) is 11.3 Å². The van der Waals surface area contributed by atoms with E-state index >= 15 is 0 Å². The molecule has 3 rings (SSSR count). The molecule has 0 bridgehead atoms. The molecule has 0 radical (unpaired) electrons. The van der Waals surface area contributed by atoms with Crippen LogP contribution >= 0.6 is 11.8 Å². The highest BCUT2D eigenvalue weighted by molar-refractivity contribution is 7.98. The summed E-state index contributed by atoms with van der Waals surface area (Å²) in [5.74, 6) is 0.971. The number of nitrogens with one attached hydrogen (secondary N) is 2. The number of nitrogens with two attached hydrogens (primary N) is 1. The fourth-order valence-corrected chi connectivity index (χ4v) is 2.54. The van der Waals surface area contributed by atoms with E-state index in [9.17, 15) is 4.79 Å². The van der Waals surface area contributed by atoms with Gasteiger partial charge >= 0.3 is 0 Å². The molecule has 0 aliphatic carbocycles. The summed E-state index contributed by atoms with van der Waals surface area (Å²) in [7, 11) is 0. The molecule has 4 N–H and O–H groups in total. The van der Waals surface area contributed by atoms with E-state index in [-0.39, 0.29) is 11.4 Å². The third-order valence-electron chi connectivity index (χ3n) is 2.65. The number of aromatic nitrogens is 4. The van der Waals surface area contributed by atoms with E-state index in [0.29, 0.717) is 16.2 Å². The van der Waals surface area contributed by atoms with Crippen LogP contribution in [-0.4, -0.2) is 20.2 Å². The second-order valence-electron chi connectivity index (χ2n) is 3.98. The first-order valence-corrected chi connectivity index (χ1v) is 6.63. The van der Waals surface area contributed by atoms with Gasteiger partial charge in [-0.1, -0.05) is 42.1 Å². The Morgan fingerprint density at radius 3 is 2.84 bits per heavy atom. The Morgan fingerprint density at radius 1 is 1.26 bits per heavy atom. The SMILES string of the molecule is Nc1[nH]nc2nc(SCc3ccccc3)[nH]c(=O)c12. The van der Waals surface area contributed by atoms with E-state index < -0.39 is 0 Å². The van der Waals surface area contributed by atoms with Gasteiger partial charge in [0.25, 0.3) is 5.56 Å². The number of aromatic amines is 2. The molecule has 6 nitrogen and oxygen atoms in total. The Labute approximate surface area is 112 Å². The maximum absolute atomic E-state index is 11.8. The summed E-state index contributed by atoms with van der Waals surface area (Å²) in [4.78, 5) is 18.8. The number of H-pyrrole nitrogens is 2. The molecule has 0 saturated heterocycles. The Hall–Kier alpha value is -2.28. The summed E-state index contributed by atoms with van der Waals surface area (Å²) < 4.78 is 0. The van der Waals surface area contributed by atoms with Crippen LogP contribution in [0.2, 0.25) is 0 Å². The van der Waals surface area contributed by atoms with E-state index in [1.807, 2.05) is 30.3 Å². The predicted molar refractivity (Wildman–Crippen MR) is 74.9 cm³/mol. The summed E-state index contributed by atoms with van der Waals surface area (Å²) in [6.07, 6.45) is 0. The molecule has 2 aromatic heterocycles. The van der Waals surface area contributed by atoms with Crippen molar-refractivity contribution in [2.45, 2.75) is 10.9 Å². The smallest absolute Gasteiger partial charge is 0.264 e. The van der Waals surface area contributed by atoms with Gasteiger partial charge in [0.2, 0.25) is 0 Å². The minimum Gasteiger partial charge on any atom is -0.383 e. The van der Waals surface area contributed by atoms with Crippen molar-refractivity contribution in [3.63, 3.8) is 0 Å². The zero-order chi connectivity index (χ0) is 13.2. The van der Waals surface area contributed by atoms with Crippen LogP contribution in [0.4, 0.5) is 5.82 Å². The highest BCUT2D eigenvalue weighted by atomic mass is 32.2. The van der Waals surface area contributed by atoms with Crippen molar-refractivity contribution in [2.75, 3.05) is 5.73 Å². The number of rotatable bonds is 3. The number of anilines is 1. The minimum atomic E-state index is -0.271. The van der Waals surface area contributed by atoms with Gasteiger partial charge in [0.1, 0.15) is 11.2 Å². The predicted octanol–water partition coefficient (Wildman–Crippen LogP) is 1.52. The van der Waals surface area contributed by atoms with Crippen LogP contribution in [0.15, 0.2) is 40.3 Å². The molecule has 0 spiro atoms. The third kappa shape index (κ3) is 2.32. The van der Waals surface area contributed by atoms with E-state index in [2.05, 4.69) is 20.2 Å². The van der Waals surface area contributed by atoms with Crippen LogP contribution in [-0.2, 0) is 5.75 Å². The van der Waals surface area contributed by atoms with Crippen molar-refractivity contribution in [3.8, 4) is 0 Å². The van der Waals surface area contributed by atoms with Crippen molar-refractivity contribution in [1.29, 1.82) is 0 Å². The molecule has 96 valence electrons. The Balaban J connectivity index is 1.88. The second-order valence-corrected chi connectivity index (χ2v) is 4.95. The van der Waals surface area contributed by atoms with Crippen molar-refractivity contribution >= 4 is 28.6 Å². The lowest BCUT2D eigenvalue weighted by Crippen LogP contribution is -2.09. The van der Waals surface area contributed by atoms with Gasteiger partial charge in [-0.15, -0.1) is 0 Å². The first-order chi connectivity index (χ1) is 9.24. The van der Waals surface area contributed by atoms with Gasteiger partial charge in [-0.05, 0) is 5.56 Å². The van der Waals surface area contributed by atoms with Gasteiger partial charge < -0.3 is 10.7 Å². The summed E-state index contributed by atoms with van der Waals surface area (Å²) in [6.45, 7) is 0. The monoisotopic (exact) mass is 273 g/mol. The van der Waals surface area contributed by atoms with Gasteiger partial charge in [-0.3, -0.25) is 9.89 Å². The fourth-order valence-electron chi connectivity index (χ4n) is 1.73. The maximum Gasteiger partial charge on any atom is 0.264 e. The van der Waals surface area contributed by atoms with Crippen molar-refractivity contribution < 1.29 is 0 Å². The van der Waals surface area contributed by atoms with Crippen LogP contribution < -0.4 is 11.3 Å². The van der Waals surface area contributed by atoms with E-state index in [1.165, 1.54) is 11.8 Å². The fraction of sp³-hybridized carbons (Fsp3) is 0.0833. The molecule has 0 fully saturated rings. The van der Waals surface area contributed by atoms with E-state index in [4.69, 9.17) is 5.73 Å². The van der Waals surface area contributed by atoms with Gasteiger partial charge in [-0.25, -0.2) is 4.98 Å². The molecule has 19 heavy (non-hydrogen) atoms. The highest BCUT2D eigenvalue weighted by Gasteiger charge is 2.10. The molecule has 0 amide bonds. The summed E-state index contributed by atoms with van der Waals surface area (Å²) in [5, 5.41) is 7.30. The standard InChI is InChI=1S/C12H11N5OS/c13-9-8-10(17-16-9)14-12(15-11(8)18)19-6-7-4-2-1-3-5-7/h1-5H,6H2,(H4,13,14,15,16,17,18). The summed E-state index contributed by atoms with van der Waals surface area (Å²) >= 11 is 1.45. The van der Waals surface area contributed by atoms with Crippen LogP contribution in [0.5, 0.6) is 0 Å². The second kappa shape index (κ2) is 4.77. The quantitative estimate of drug-likeness (QED) is 0.496. The number of hydrogen-bond donors (Lipinski definition) is 3. The van der Waals surface area contributed by atoms with Crippen molar-refractivity contribution in [2.24, 2.45) is 0 Å². The molecule has 7 heteroatoms. The third-order valence-corrected chi connectivity index (χ3v) is 3.59. The van der Waals surface area contributed by atoms with Crippen molar-refractivity contribution in [1.82, 2.24) is 20.2 Å². The summed E-state index contributed by atoms with van der Waals surface area (Å²) in [6, 6.07) is 9.96. The average Bonchev–Trinajstić information content (AvgIpc) is 2.80. The Bertz CT molecular complexity index is 765. The lowest BCUT2D eigenvalue weighted by molar-refractivity contribution is 0.958. The average molecular weight is 273 g/mol. The first-order valence-electron chi connectivity index (χ1n) is 5.64. The van der Waals surface area contributed by atoms with Gasteiger partial charge in [0.05, 0.1) is 0 Å². The lowest BCUT2D eigenvalue weighted by Gasteiger charge is -2.00. The number of nitrogen functional groups attached to an aromatic ring is 1. The normalized spacial score (nSPS) is 10.9. The first kappa shape index (κ1) is 11.8. The van der Waals surface area contributed by atoms with Crippen LogP contribution in [0, 0.1) is 0 Å². The lowest BCUT2D eigenvalue weighted by atomic mass is 10.2. The highest BCUT2D eigenvalue weighted by Crippen LogP contribution is 2.20. The van der Waals surface area contributed by atoms with Crippen LogP contribution in [0.3, 0.4) is 0 Å². The molecule has 0 unspecified atom stereocenters. The zero-order valence-electron chi connectivity index (χ0n) is 9.88. The molecule has 0 saturated carbocycles. The number of hydrogen-bond acceptors (Lipinski definition) is 5. The van der Waals surface area contributed by atoms with E-state index in [1.54, 1.807) is 0 Å². The molecule has 1 aromatic carbocycles. The topological polar surface area (TPSA) is 100 Å². The molecule has 0 aliphatic heterocycles. The molecule has 0 atom stereocenters. The molecular formula is C12H11N5OS. The van der Waals surface area contributed by atoms with Crippen molar-refractivity contribution in [3.05, 3.63) is 46.2 Å². The molecule has 3 aromatic rings. The molecule has 0 aliphatic rings. The number of benzene rings is 1. The molecular weight excluding hydrogens is 262 g/mol.